The van der Waals surface area contributed by atoms with Crippen molar-refractivity contribution in [3.8, 4) is 0 Å². The maximum atomic E-state index is 13.6. The summed E-state index contributed by atoms with van der Waals surface area (Å²) in [6.45, 7) is 3.26. The van der Waals surface area contributed by atoms with Crippen LogP contribution in [-0.4, -0.2) is 13.7 Å². The van der Waals surface area contributed by atoms with Gasteiger partial charge in [-0.1, -0.05) is 30.3 Å². The standard InChI is InChI=1S/C19H20F4O2S/c1-13(2)26(24,25)12-16-7-4-14(5-8-16)3-6-15-9-10-17(18(20)11-15)19(21,22)23/h4-5,7-11,13H,3,6,12H2,1-2H3. The molecule has 0 aromatic heterocycles. The molecule has 0 radical (unpaired) electrons. The Morgan fingerprint density at radius 3 is 1.88 bits per heavy atom. The summed E-state index contributed by atoms with van der Waals surface area (Å²) in [5.41, 5.74) is 0.790. The lowest BCUT2D eigenvalue weighted by Gasteiger charge is -2.10. The van der Waals surface area contributed by atoms with Crippen LogP contribution in [0.3, 0.4) is 0 Å². The minimum atomic E-state index is -4.70. The number of sulfone groups is 1. The van der Waals surface area contributed by atoms with Crippen LogP contribution < -0.4 is 0 Å². The molecule has 26 heavy (non-hydrogen) atoms. The molecule has 2 aromatic rings. The van der Waals surface area contributed by atoms with Gasteiger partial charge >= 0.3 is 6.18 Å². The molecule has 0 atom stereocenters. The van der Waals surface area contributed by atoms with Gasteiger partial charge in [-0.15, -0.1) is 0 Å². The second kappa shape index (κ2) is 7.78. The van der Waals surface area contributed by atoms with E-state index in [9.17, 15) is 26.0 Å². The quantitative estimate of drug-likeness (QED) is 0.656. The van der Waals surface area contributed by atoms with E-state index in [-0.39, 0.29) is 5.75 Å². The van der Waals surface area contributed by atoms with E-state index in [1.54, 1.807) is 38.1 Å². The molecule has 2 rings (SSSR count). The molecule has 0 saturated heterocycles. The highest BCUT2D eigenvalue weighted by molar-refractivity contribution is 7.91. The SMILES string of the molecule is CC(C)S(=O)(=O)Cc1ccc(CCc2ccc(C(F)(F)F)c(F)c2)cc1. The van der Waals surface area contributed by atoms with Gasteiger partial charge < -0.3 is 0 Å². The molecule has 0 unspecified atom stereocenters. The zero-order chi connectivity index (χ0) is 19.5. The molecule has 7 heteroatoms. The third-order valence-corrected chi connectivity index (χ3v) is 6.32. The molecule has 0 aliphatic rings. The van der Waals surface area contributed by atoms with Gasteiger partial charge in [-0.2, -0.15) is 13.2 Å². The van der Waals surface area contributed by atoms with Gasteiger partial charge in [0, 0.05) is 0 Å². The minimum Gasteiger partial charge on any atom is -0.228 e. The van der Waals surface area contributed by atoms with Crippen LogP contribution in [0.4, 0.5) is 17.6 Å². The average molecular weight is 388 g/mol. The Labute approximate surface area is 150 Å². The van der Waals surface area contributed by atoms with Crippen LogP contribution in [0.1, 0.15) is 36.1 Å². The van der Waals surface area contributed by atoms with E-state index in [0.29, 0.717) is 24.0 Å². The van der Waals surface area contributed by atoms with E-state index in [1.165, 1.54) is 6.07 Å². The molecule has 0 heterocycles. The van der Waals surface area contributed by atoms with Crippen LogP contribution in [-0.2, 0) is 34.6 Å². The van der Waals surface area contributed by atoms with Gasteiger partial charge in [0.15, 0.2) is 9.84 Å². The van der Waals surface area contributed by atoms with Crippen molar-refractivity contribution in [3.05, 3.63) is 70.5 Å². The number of halogens is 4. The second-order valence-electron chi connectivity index (χ2n) is 6.48. The van der Waals surface area contributed by atoms with E-state index in [0.717, 1.165) is 17.7 Å². The molecule has 2 aromatic carbocycles. The number of aryl methyl sites for hydroxylation is 2. The number of benzene rings is 2. The summed E-state index contributed by atoms with van der Waals surface area (Å²) in [4.78, 5) is 0. The molecule has 0 aliphatic carbocycles. The van der Waals surface area contributed by atoms with Gasteiger partial charge in [0.25, 0.3) is 0 Å². The fourth-order valence-corrected chi connectivity index (χ4v) is 3.42. The largest absolute Gasteiger partial charge is 0.419 e. The minimum absolute atomic E-state index is 0.0327. The lowest BCUT2D eigenvalue weighted by Crippen LogP contribution is -2.15. The van der Waals surface area contributed by atoms with Crippen molar-refractivity contribution in [1.82, 2.24) is 0 Å². The second-order valence-corrected chi connectivity index (χ2v) is 9.04. The summed E-state index contributed by atoms with van der Waals surface area (Å²) >= 11 is 0. The van der Waals surface area contributed by atoms with Crippen LogP contribution in [0, 0.1) is 5.82 Å². The van der Waals surface area contributed by atoms with Crippen molar-refractivity contribution in [3.63, 3.8) is 0 Å². The first-order chi connectivity index (χ1) is 12.0. The van der Waals surface area contributed by atoms with Gasteiger partial charge in [0.2, 0.25) is 0 Å². The smallest absolute Gasteiger partial charge is 0.228 e. The topological polar surface area (TPSA) is 34.1 Å². The first-order valence-electron chi connectivity index (χ1n) is 8.14. The molecule has 2 nitrogen and oxygen atoms in total. The van der Waals surface area contributed by atoms with Crippen LogP contribution in [0.25, 0.3) is 0 Å². The Morgan fingerprint density at radius 1 is 0.885 bits per heavy atom. The highest BCUT2D eigenvalue weighted by Crippen LogP contribution is 2.31. The molecule has 0 saturated carbocycles. The molecular weight excluding hydrogens is 368 g/mol. The van der Waals surface area contributed by atoms with Crippen LogP contribution in [0.15, 0.2) is 42.5 Å². The van der Waals surface area contributed by atoms with Gasteiger partial charge in [-0.05, 0) is 55.5 Å². The molecule has 0 aliphatic heterocycles. The first-order valence-corrected chi connectivity index (χ1v) is 9.85. The monoisotopic (exact) mass is 388 g/mol. The van der Waals surface area contributed by atoms with Crippen molar-refractivity contribution >= 4 is 9.84 Å². The van der Waals surface area contributed by atoms with Crippen molar-refractivity contribution in [2.75, 3.05) is 0 Å². The highest BCUT2D eigenvalue weighted by atomic mass is 32.2. The van der Waals surface area contributed by atoms with Gasteiger partial charge in [-0.25, -0.2) is 12.8 Å². The molecule has 142 valence electrons. The lowest BCUT2D eigenvalue weighted by atomic mass is 10.0. The van der Waals surface area contributed by atoms with Crippen molar-refractivity contribution in [2.24, 2.45) is 0 Å². The Balaban J connectivity index is 2.01. The maximum Gasteiger partial charge on any atom is 0.419 e. The first kappa shape index (κ1) is 20.4. The van der Waals surface area contributed by atoms with Crippen LogP contribution >= 0.6 is 0 Å². The number of hydrogen-bond donors (Lipinski definition) is 0. The van der Waals surface area contributed by atoms with Crippen molar-refractivity contribution in [1.29, 1.82) is 0 Å². The van der Waals surface area contributed by atoms with E-state index >= 15 is 0 Å². The normalized spacial score (nSPS) is 12.6. The van der Waals surface area contributed by atoms with Gasteiger partial charge in [0.05, 0.1) is 16.6 Å². The fraction of sp³-hybridized carbons (Fsp3) is 0.368. The predicted octanol–water partition coefficient (Wildman–Crippen LogP) is 4.95. The summed E-state index contributed by atoms with van der Waals surface area (Å²) in [6, 6.07) is 9.95. The molecule has 0 N–H and O–H groups in total. The highest BCUT2D eigenvalue weighted by Gasteiger charge is 2.33. The third-order valence-electron chi connectivity index (χ3n) is 4.15. The molecule has 0 fully saturated rings. The average Bonchev–Trinajstić information content (AvgIpc) is 2.52. The molecular formula is C19H20F4O2S. The summed E-state index contributed by atoms with van der Waals surface area (Å²) in [7, 11) is -3.17. The summed E-state index contributed by atoms with van der Waals surface area (Å²) < 4.78 is 75.1. The summed E-state index contributed by atoms with van der Waals surface area (Å²) in [6.07, 6.45) is -3.80. The summed E-state index contributed by atoms with van der Waals surface area (Å²) in [5, 5.41) is -0.447. The Bertz CT molecular complexity index is 854. The van der Waals surface area contributed by atoms with Crippen molar-refractivity contribution in [2.45, 2.75) is 43.9 Å². The Hall–Kier alpha value is -1.89. The molecule has 0 amide bonds. The number of rotatable bonds is 6. The van der Waals surface area contributed by atoms with Crippen molar-refractivity contribution < 1.29 is 26.0 Å². The lowest BCUT2D eigenvalue weighted by molar-refractivity contribution is -0.140. The zero-order valence-corrected chi connectivity index (χ0v) is 15.3. The van der Waals surface area contributed by atoms with E-state index in [4.69, 9.17) is 0 Å². The Kier molecular flexibility index (Phi) is 6.11. The van der Waals surface area contributed by atoms with Crippen LogP contribution in [0.2, 0.25) is 0 Å². The predicted molar refractivity (Wildman–Crippen MR) is 93.0 cm³/mol. The number of alkyl halides is 3. The van der Waals surface area contributed by atoms with E-state index in [1.807, 2.05) is 0 Å². The maximum absolute atomic E-state index is 13.6. The molecule has 0 bridgehead atoms. The van der Waals surface area contributed by atoms with Crippen LogP contribution in [0.5, 0.6) is 0 Å². The van der Waals surface area contributed by atoms with Gasteiger partial charge in [0.1, 0.15) is 5.82 Å². The van der Waals surface area contributed by atoms with E-state index in [2.05, 4.69) is 0 Å². The number of hydrogen-bond acceptors (Lipinski definition) is 2. The fourth-order valence-electron chi connectivity index (χ4n) is 2.43. The van der Waals surface area contributed by atoms with E-state index < -0.39 is 32.6 Å². The Morgan fingerprint density at radius 2 is 1.38 bits per heavy atom. The molecule has 0 spiro atoms. The van der Waals surface area contributed by atoms with Gasteiger partial charge in [-0.3, -0.25) is 0 Å². The zero-order valence-electron chi connectivity index (χ0n) is 14.5. The third kappa shape index (κ3) is 5.30. The summed E-state index contributed by atoms with van der Waals surface area (Å²) in [5.74, 6) is -1.31.